The van der Waals surface area contributed by atoms with Crippen LogP contribution in [0.5, 0.6) is 0 Å². The van der Waals surface area contributed by atoms with Crippen LogP contribution in [0.15, 0.2) is 53.4 Å². The van der Waals surface area contributed by atoms with E-state index in [9.17, 15) is 26.4 Å². The fraction of sp³-hybridized carbons (Fsp3) is 0.409. The lowest BCUT2D eigenvalue weighted by molar-refractivity contribution is -0.137. The Morgan fingerprint density at radius 3 is 2.23 bits per heavy atom. The molecule has 1 saturated heterocycles. The molecular weight excluding hydrogens is 451 g/mol. The van der Waals surface area contributed by atoms with Gasteiger partial charge in [-0.3, -0.25) is 4.79 Å². The summed E-state index contributed by atoms with van der Waals surface area (Å²) in [5.41, 5.74) is -0.00499. The molecule has 2 aromatic carbocycles. The van der Waals surface area contributed by atoms with E-state index in [1.807, 2.05) is 18.2 Å². The van der Waals surface area contributed by atoms with Crippen LogP contribution in [0.2, 0.25) is 5.02 Å². The molecule has 2 aromatic rings. The largest absolute Gasteiger partial charge is 0.416 e. The Morgan fingerprint density at radius 2 is 1.65 bits per heavy atom. The minimum atomic E-state index is -4.68. The van der Waals surface area contributed by atoms with Crippen LogP contribution < -0.4 is 0 Å². The first-order chi connectivity index (χ1) is 14.3. The zero-order chi connectivity index (χ0) is 23.0. The van der Waals surface area contributed by atoms with Gasteiger partial charge in [0.25, 0.3) is 0 Å². The molecule has 0 spiro atoms. The Balaban J connectivity index is 1.78. The van der Waals surface area contributed by atoms with E-state index in [1.165, 1.54) is 18.7 Å². The Labute approximate surface area is 184 Å². The number of piperidine rings is 1. The van der Waals surface area contributed by atoms with Gasteiger partial charge in [-0.15, -0.1) is 0 Å². The predicted molar refractivity (Wildman–Crippen MR) is 113 cm³/mol. The molecule has 0 aromatic heterocycles. The Morgan fingerprint density at radius 1 is 1.03 bits per heavy atom. The highest BCUT2D eigenvalue weighted by Crippen LogP contribution is 2.35. The van der Waals surface area contributed by atoms with Crippen molar-refractivity contribution in [3.8, 4) is 0 Å². The molecule has 1 heterocycles. The van der Waals surface area contributed by atoms with Crippen molar-refractivity contribution in [2.75, 3.05) is 13.1 Å². The number of carbonyl (C=O) groups is 1. The molecule has 1 aliphatic rings. The molecule has 31 heavy (non-hydrogen) atoms. The van der Waals surface area contributed by atoms with E-state index < -0.39 is 37.1 Å². The van der Waals surface area contributed by atoms with Crippen LogP contribution in [0.4, 0.5) is 13.2 Å². The van der Waals surface area contributed by atoms with Crippen molar-refractivity contribution in [2.45, 2.75) is 48.4 Å². The standard InChI is InChI=1S/C22H23ClF3NO3S/c1-21(2,31(29,30)19-8-4-6-17(14-19)22(24,25)26)20(28)27-11-9-15(10-12-27)16-5-3-7-18(23)13-16/h3-8,13-15H,9-12H2,1-2H3. The second-order valence-electron chi connectivity index (χ2n) is 8.16. The van der Waals surface area contributed by atoms with Crippen molar-refractivity contribution in [1.82, 2.24) is 4.90 Å². The third-order valence-electron chi connectivity index (χ3n) is 5.76. The SMILES string of the molecule is CC(C)(C(=O)N1CCC(c2cccc(Cl)c2)CC1)S(=O)(=O)c1cccc(C(F)(F)F)c1. The molecule has 0 atom stereocenters. The van der Waals surface area contributed by atoms with E-state index in [2.05, 4.69) is 0 Å². The van der Waals surface area contributed by atoms with Crippen molar-refractivity contribution in [3.05, 3.63) is 64.7 Å². The lowest BCUT2D eigenvalue weighted by Crippen LogP contribution is -2.52. The first kappa shape index (κ1) is 23.6. The fourth-order valence-corrected chi connectivity index (χ4v) is 5.49. The van der Waals surface area contributed by atoms with Crippen LogP contribution in [-0.2, 0) is 20.8 Å². The molecule has 0 radical (unpaired) electrons. The van der Waals surface area contributed by atoms with Gasteiger partial charge in [0.1, 0.15) is 4.75 Å². The van der Waals surface area contributed by atoms with Crippen molar-refractivity contribution in [1.29, 1.82) is 0 Å². The molecule has 1 fully saturated rings. The smallest absolute Gasteiger partial charge is 0.341 e. The van der Waals surface area contributed by atoms with Gasteiger partial charge in [0.15, 0.2) is 9.84 Å². The average Bonchev–Trinajstić information content (AvgIpc) is 2.72. The van der Waals surface area contributed by atoms with E-state index in [-0.39, 0.29) is 5.92 Å². The molecular formula is C22H23ClF3NO3S. The van der Waals surface area contributed by atoms with Gasteiger partial charge in [-0.05, 0) is 68.5 Å². The topological polar surface area (TPSA) is 54.5 Å². The van der Waals surface area contributed by atoms with Gasteiger partial charge in [-0.25, -0.2) is 8.42 Å². The lowest BCUT2D eigenvalue weighted by atomic mass is 9.89. The average molecular weight is 474 g/mol. The number of hydrogen-bond acceptors (Lipinski definition) is 3. The van der Waals surface area contributed by atoms with Gasteiger partial charge in [0, 0.05) is 18.1 Å². The van der Waals surface area contributed by atoms with Gasteiger partial charge in [-0.1, -0.05) is 29.8 Å². The number of halogens is 4. The van der Waals surface area contributed by atoms with Crippen molar-refractivity contribution in [2.24, 2.45) is 0 Å². The third kappa shape index (κ3) is 4.75. The molecule has 3 rings (SSSR count). The predicted octanol–water partition coefficient (Wildman–Crippen LogP) is 5.32. The normalized spacial score (nSPS) is 16.4. The number of carbonyl (C=O) groups excluding carboxylic acids is 1. The second-order valence-corrected chi connectivity index (χ2v) is 11.1. The number of amides is 1. The molecule has 168 valence electrons. The number of likely N-dealkylation sites (tertiary alicyclic amines) is 1. The summed E-state index contributed by atoms with van der Waals surface area (Å²) in [6.45, 7) is 3.21. The van der Waals surface area contributed by atoms with Crippen molar-refractivity contribution < 1.29 is 26.4 Å². The number of alkyl halides is 3. The molecule has 4 nitrogen and oxygen atoms in total. The molecule has 1 amide bonds. The molecule has 1 aliphatic heterocycles. The molecule has 9 heteroatoms. The summed E-state index contributed by atoms with van der Waals surface area (Å²) in [5.74, 6) is -0.416. The van der Waals surface area contributed by atoms with Crippen molar-refractivity contribution >= 4 is 27.3 Å². The first-order valence-corrected chi connectivity index (χ1v) is 11.7. The van der Waals surface area contributed by atoms with Gasteiger partial charge in [0.2, 0.25) is 5.91 Å². The number of benzene rings is 2. The van der Waals surface area contributed by atoms with E-state index in [4.69, 9.17) is 11.6 Å². The summed E-state index contributed by atoms with van der Waals surface area (Å²) in [7, 11) is -4.35. The number of rotatable bonds is 4. The van der Waals surface area contributed by atoms with E-state index in [1.54, 1.807) is 6.07 Å². The molecule has 0 aliphatic carbocycles. The summed E-state index contributed by atoms with van der Waals surface area (Å²) in [6, 6.07) is 11.0. The van der Waals surface area contributed by atoms with Crippen LogP contribution in [0.3, 0.4) is 0 Å². The van der Waals surface area contributed by atoms with Gasteiger partial charge < -0.3 is 4.90 Å². The summed E-state index contributed by atoms with van der Waals surface area (Å²) in [4.78, 5) is 14.1. The molecule has 0 saturated carbocycles. The second kappa shape index (κ2) is 8.47. The third-order valence-corrected chi connectivity index (χ3v) is 8.39. The molecule has 0 N–H and O–H groups in total. The highest BCUT2D eigenvalue weighted by Gasteiger charge is 2.46. The zero-order valence-corrected chi connectivity index (χ0v) is 18.7. The number of hydrogen-bond donors (Lipinski definition) is 0. The maximum Gasteiger partial charge on any atom is 0.416 e. The summed E-state index contributed by atoms with van der Waals surface area (Å²) < 4.78 is 63.4. The number of nitrogens with zero attached hydrogens (tertiary/aromatic N) is 1. The maximum atomic E-state index is 13.1. The van der Waals surface area contributed by atoms with Crippen LogP contribution in [-0.4, -0.2) is 37.1 Å². The first-order valence-electron chi connectivity index (χ1n) is 9.81. The van der Waals surface area contributed by atoms with E-state index in [0.717, 1.165) is 23.8 Å². The monoisotopic (exact) mass is 473 g/mol. The quantitative estimate of drug-likeness (QED) is 0.604. The van der Waals surface area contributed by atoms with Crippen LogP contribution in [0.1, 0.15) is 43.7 Å². The lowest BCUT2D eigenvalue weighted by Gasteiger charge is -2.37. The molecule has 0 unspecified atom stereocenters. The zero-order valence-electron chi connectivity index (χ0n) is 17.1. The summed E-state index contributed by atoms with van der Waals surface area (Å²) in [5, 5.41) is 0.629. The number of sulfone groups is 1. The maximum absolute atomic E-state index is 13.1. The Bertz CT molecular complexity index is 1080. The van der Waals surface area contributed by atoms with Crippen LogP contribution in [0.25, 0.3) is 0 Å². The fourth-order valence-electron chi connectivity index (χ4n) is 3.81. The van der Waals surface area contributed by atoms with Crippen LogP contribution >= 0.6 is 11.6 Å². The highest BCUT2D eigenvalue weighted by molar-refractivity contribution is 7.93. The van der Waals surface area contributed by atoms with Crippen molar-refractivity contribution in [3.63, 3.8) is 0 Å². The van der Waals surface area contributed by atoms with Gasteiger partial charge in [0.05, 0.1) is 10.5 Å². The van der Waals surface area contributed by atoms with Gasteiger partial charge in [-0.2, -0.15) is 13.2 Å². The van der Waals surface area contributed by atoms with Gasteiger partial charge >= 0.3 is 6.18 Å². The summed E-state index contributed by atoms with van der Waals surface area (Å²) in [6.07, 6.45) is -3.39. The minimum Gasteiger partial charge on any atom is -0.341 e. The Hall–Kier alpha value is -2.06. The van der Waals surface area contributed by atoms with Crippen LogP contribution in [0, 0.1) is 0 Å². The highest BCUT2D eigenvalue weighted by atomic mass is 35.5. The Kier molecular flexibility index (Phi) is 6.45. The minimum absolute atomic E-state index is 0.200. The molecule has 0 bridgehead atoms. The summed E-state index contributed by atoms with van der Waals surface area (Å²) >= 11 is 6.05. The van der Waals surface area contributed by atoms with E-state index in [0.29, 0.717) is 37.0 Å². The van der Waals surface area contributed by atoms with E-state index >= 15 is 0 Å².